The van der Waals surface area contributed by atoms with E-state index in [4.69, 9.17) is 0 Å². The quantitative estimate of drug-likeness (QED) is 0.279. The predicted molar refractivity (Wildman–Crippen MR) is 38.4 cm³/mol. The zero-order valence-corrected chi connectivity index (χ0v) is 0. The van der Waals surface area contributed by atoms with Crippen LogP contribution in [0.25, 0.3) is 0 Å². The van der Waals surface area contributed by atoms with E-state index in [9.17, 15) is 0 Å². The van der Waals surface area contributed by atoms with Gasteiger partial charge in [-0.15, -0.1) is 0 Å². The molecule has 0 amide bonds. The van der Waals surface area contributed by atoms with Gasteiger partial charge in [0.25, 0.3) is 0 Å². The predicted octanol–water partition coefficient (Wildman–Crippen LogP) is -4.47. The summed E-state index contributed by atoms with van der Waals surface area (Å²) in [5.74, 6) is 0. The van der Waals surface area contributed by atoms with E-state index in [-0.39, 0.29) is 74.4 Å². The molecule has 0 aliphatic rings. The first-order valence-corrected chi connectivity index (χ1v) is 0. The maximum atomic E-state index is 0. The lowest BCUT2D eigenvalue weighted by molar-refractivity contribution is 5.75. The van der Waals surface area contributed by atoms with Gasteiger partial charge in [-0.05, 0) is 11.0 Å². The molecule has 0 aromatic heterocycles. The van der Waals surface area contributed by atoms with Gasteiger partial charge in [-0.3, -0.25) is 0 Å². The van der Waals surface area contributed by atoms with E-state index in [0.29, 0.717) is 0 Å². The summed E-state index contributed by atoms with van der Waals surface area (Å²) in [5, 5.41) is 0. The lowest BCUT2D eigenvalue weighted by Gasteiger charge is -0.0149. The smallest absolute Gasteiger partial charge is 0.0149 e. The first-order chi connectivity index (χ1) is 0. The molecule has 0 N–H and O–H groups in total. The summed E-state index contributed by atoms with van der Waals surface area (Å²) in [5.41, 5.74) is 0. The zero-order valence-electron chi connectivity index (χ0n) is 0. The van der Waals surface area contributed by atoms with Crippen molar-refractivity contribution >= 4 is 74.4 Å². The van der Waals surface area contributed by atoms with E-state index in [0.717, 1.165) is 0 Å². The van der Waals surface area contributed by atoms with E-state index in [1.54, 1.807) is 0 Å². The van der Waals surface area contributed by atoms with Crippen LogP contribution in [0, 0.1) is 0 Å². The molecule has 0 radical (unpaired) electrons. The topological polar surface area (TPSA) is 0 Å². The Bertz CT molecular complexity index is 6.00. The molecule has 0 atom stereocenters. The molecule has 4 heavy (non-hydrogen) atoms. The van der Waals surface area contributed by atoms with Crippen LogP contribution in [0.5, 0.6) is 0 Å². The molecule has 0 heterocycles. The molecule has 0 aromatic carbocycles. The fraction of sp³-hybridized carbons (Fsp3) is 0. The summed E-state index contributed by atoms with van der Waals surface area (Å²) in [6.45, 7) is 0. The zero-order chi connectivity index (χ0) is 0. The second kappa shape index (κ2) is 18.6. The van der Waals surface area contributed by atoms with Crippen LogP contribution in [0.3, 0.4) is 0 Å². The highest BCUT2D eigenvalue weighted by Crippen LogP contribution is -0.378. The molecule has 0 rings (SSSR count). The number of rotatable bonds is 0. The standard InChI is InChI=1S/Al.2Mg.H4Si.7H/h;;;1H4;;;;;;;. The van der Waals surface area contributed by atoms with Gasteiger partial charge in [0.1, 0.15) is 0 Å². The lowest BCUT2D eigenvalue weighted by atomic mass is 24.3. The van der Waals surface area contributed by atoms with E-state index in [1.807, 2.05) is 0 Å². The molecular weight excluding hydrogens is 104 g/mol. The van der Waals surface area contributed by atoms with Crippen LogP contribution < -0.4 is 0 Å². The summed E-state index contributed by atoms with van der Waals surface area (Å²) >= 11 is 0. The largest absolute Gasteiger partial charge is 0.316 e. The normalized spacial score (nSPS) is 0. The Labute approximate surface area is 73.6 Å². The molecular formula is H11AlMg2Si. The van der Waals surface area contributed by atoms with Gasteiger partial charge in [0, 0.05) is 0 Å². The van der Waals surface area contributed by atoms with Gasteiger partial charge in [-0.2, -0.15) is 0 Å². The number of hydrogen-bond donors (Lipinski definition) is 0. The third-order valence-electron chi connectivity index (χ3n) is 0. The van der Waals surface area contributed by atoms with Crippen LogP contribution in [0.2, 0.25) is 0 Å². The summed E-state index contributed by atoms with van der Waals surface area (Å²) in [7, 11) is 0. The Hall–Kier alpha value is 2.28. The highest BCUT2D eigenvalue weighted by Gasteiger charge is 0.317. The van der Waals surface area contributed by atoms with Crippen LogP contribution in [0.15, 0.2) is 0 Å². The van der Waals surface area contributed by atoms with E-state index >= 15 is 0 Å². The second-order valence-corrected chi connectivity index (χ2v) is 0. The minimum Gasteiger partial charge on any atom is -0.0149 e. The molecule has 0 unspecified atom stereocenters. The van der Waals surface area contributed by atoms with Crippen molar-refractivity contribution in [1.82, 2.24) is 0 Å². The van der Waals surface area contributed by atoms with E-state index < -0.39 is 0 Å². The third-order valence-corrected chi connectivity index (χ3v) is 0. The van der Waals surface area contributed by atoms with Crippen molar-refractivity contribution in [3.8, 4) is 0 Å². The molecule has 0 aliphatic carbocycles. The highest BCUT2D eigenvalue weighted by atomic mass is 28.1. The van der Waals surface area contributed by atoms with Crippen molar-refractivity contribution in [3.63, 3.8) is 0 Å². The molecule has 0 spiro atoms. The van der Waals surface area contributed by atoms with Crippen molar-refractivity contribution in [1.29, 1.82) is 0 Å². The van der Waals surface area contributed by atoms with Gasteiger partial charge in [-0.25, -0.2) is 0 Å². The molecule has 0 bridgehead atoms. The van der Waals surface area contributed by atoms with Gasteiger partial charge in [0.05, 0.1) is 0 Å². The third kappa shape index (κ3) is 8.86. The van der Waals surface area contributed by atoms with Crippen LogP contribution in [0.4, 0.5) is 0 Å². The molecule has 0 aliphatic heterocycles. The average molecular weight is 115 g/mol. The Morgan fingerprint density at radius 3 is 0.750 bits per heavy atom. The monoisotopic (exact) mass is 114 g/mol. The highest BCUT2D eigenvalue weighted by molar-refractivity contribution is 5.76. The summed E-state index contributed by atoms with van der Waals surface area (Å²) in [4.78, 5) is 0. The van der Waals surface area contributed by atoms with Crippen molar-refractivity contribution in [2.24, 2.45) is 0 Å². The second-order valence-electron chi connectivity index (χ2n) is 0. The van der Waals surface area contributed by atoms with Gasteiger partial charge in [0.2, 0.25) is 0 Å². The van der Waals surface area contributed by atoms with Crippen molar-refractivity contribution < 1.29 is 0 Å². The Morgan fingerprint density at radius 2 is 0.750 bits per heavy atom. The number of hydrogen-bond acceptors (Lipinski definition) is 0. The van der Waals surface area contributed by atoms with E-state index in [2.05, 4.69) is 0 Å². The molecule has 0 fully saturated rings. The van der Waals surface area contributed by atoms with Gasteiger partial charge in [0.15, 0.2) is 17.4 Å². The molecule has 22 valence electrons. The van der Waals surface area contributed by atoms with Crippen molar-refractivity contribution in [2.45, 2.75) is 0 Å². The Kier molecular flexibility index (Phi) is 156. The summed E-state index contributed by atoms with van der Waals surface area (Å²) < 4.78 is 0. The van der Waals surface area contributed by atoms with Crippen molar-refractivity contribution in [3.05, 3.63) is 0 Å². The first kappa shape index (κ1) is 33.7. The van der Waals surface area contributed by atoms with E-state index in [1.165, 1.54) is 0 Å². The van der Waals surface area contributed by atoms with Gasteiger partial charge < -0.3 is 0 Å². The van der Waals surface area contributed by atoms with Crippen LogP contribution in [-0.2, 0) is 0 Å². The molecule has 0 aromatic rings. The molecule has 4 heteroatoms. The van der Waals surface area contributed by atoms with Gasteiger partial charge in [-0.1, -0.05) is 0 Å². The molecule has 0 saturated heterocycles. The fourth-order valence-electron chi connectivity index (χ4n) is 0. The maximum Gasteiger partial charge on any atom is 0.316 e. The minimum atomic E-state index is 0. The van der Waals surface area contributed by atoms with Crippen molar-refractivity contribution in [2.75, 3.05) is 0 Å². The molecule has 0 saturated carbocycles. The average Bonchev–Trinajstić information content (AvgIpc) is 0. The Morgan fingerprint density at radius 1 is 0.750 bits per heavy atom. The maximum absolute atomic E-state index is 0. The lowest BCUT2D eigenvalue weighted by Crippen LogP contribution is -0.382. The van der Waals surface area contributed by atoms with Crippen LogP contribution >= 0.6 is 0 Å². The first-order valence-electron chi connectivity index (χ1n) is 0. The Balaban J connectivity index is 0. The summed E-state index contributed by atoms with van der Waals surface area (Å²) in [6.07, 6.45) is 0. The van der Waals surface area contributed by atoms with Crippen LogP contribution in [0.1, 0.15) is 0 Å². The minimum absolute atomic E-state index is 0. The summed E-state index contributed by atoms with van der Waals surface area (Å²) in [6, 6.07) is 0. The van der Waals surface area contributed by atoms with Crippen LogP contribution in [-0.4, -0.2) is 74.4 Å². The fourth-order valence-corrected chi connectivity index (χ4v) is 0. The SMILES string of the molecule is [AlH3].[MgH2].[MgH2].[SiH4]. The van der Waals surface area contributed by atoms with Gasteiger partial charge >= 0.3 is 46.1 Å². The molecule has 0 nitrogen and oxygen atoms in total.